The number of benzene rings is 3. The van der Waals surface area contributed by atoms with Crippen molar-refractivity contribution in [2.45, 2.75) is 30.5 Å². The maximum atomic E-state index is 13.1. The smallest absolute Gasteiger partial charge is 0.330 e. The number of rotatable bonds is 12. The van der Waals surface area contributed by atoms with Gasteiger partial charge in [0.2, 0.25) is 0 Å². The van der Waals surface area contributed by atoms with Crippen molar-refractivity contribution < 1.29 is 32.5 Å². The molecule has 5 aromatic rings. The number of imidazole rings is 1. The van der Waals surface area contributed by atoms with Gasteiger partial charge in [0.1, 0.15) is 35.0 Å². The van der Waals surface area contributed by atoms with E-state index in [1.54, 1.807) is 14.2 Å². The van der Waals surface area contributed by atoms with Crippen LogP contribution in [0.1, 0.15) is 29.3 Å². The van der Waals surface area contributed by atoms with Gasteiger partial charge in [-0.25, -0.2) is 13.8 Å². The van der Waals surface area contributed by atoms with Crippen LogP contribution in [0.3, 0.4) is 0 Å². The summed E-state index contributed by atoms with van der Waals surface area (Å²) in [6.45, 7) is -0.110. The third kappa shape index (κ3) is 6.36. The molecule has 2 N–H and O–H groups in total. The molecule has 0 radical (unpaired) electrons. The second kappa shape index (κ2) is 14.0. The van der Waals surface area contributed by atoms with Crippen LogP contribution in [0, 0.1) is 0 Å². The summed E-state index contributed by atoms with van der Waals surface area (Å²) < 4.78 is 52.7. The Hall–Kier alpha value is -5.06. The molecule has 15 heteroatoms. The summed E-state index contributed by atoms with van der Waals surface area (Å²) in [5.74, 6) is 1.13. The van der Waals surface area contributed by atoms with Crippen LogP contribution in [0.5, 0.6) is 11.5 Å². The quantitative estimate of drug-likeness (QED) is 0.185. The normalized spacial score (nSPS) is 18.0. The molecule has 50 heavy (non-hydrogen) atoms. The number of nitrogens with one attached hydrogen (secondary N) is 1. The first-order valence-corrected chi connectivity index (χ1v) is 17.0. The molecule has 6 rings (SSSR count). The highest BCUT2D eigenvalue weighted by molar-refractivity contribution is 7.87. The molecule has 0 amide bonds. The van der Waals surface area contributed by atoms with E-state index in [-0.39, 0.29) is 24.4 Å². The summed E-state index contributed by atoms with van der Waals surface area (Å²) in [6.07, 6.45) is 0.606. The van der Waals surface area contributed by atoms with Crippen LogP contribution in [0.4, 0.5) is 0 Å². The average Bonchev–Trinajstić information content (AvgIpc) is 3.77. The zero-order valence-electron chi connectivity index (χ0n) is 27.8. The van der Waals surface area contributed by atoms with Gasteiger partial charge in [0, 0.05) is 39.1 Å². The fraction of sp³-hybridized carbons (Fsp3) is 0.286. The highest BCUT2D eigenvalue weighted by atomic mass is 32.2. The Balaban J connectivity index is 1.36. The molecular weight excluding hydrogens is 666 g/mol. The first-order chi connectivity index (χ1) is 24.0. The Morgan fingerprint density at radius 2 is 1.52 bits per heavy atom. The van der Waals surface area contributed by atoms with Gasteiger partial charge in [0.15, 0.2) is 5.82 Å². The molecule has 1 aliphatic rings. The third-order valence-corrected chi connectivity index (χ3v) is 10.4. The second-order valence-corrected chi connectivity index (χ2v) is 13.8. The molecule has 1 fully saturated rings. The SMILES string of the molecule is COc1ccc(C(OC[C@H]2O[C@@H](n3cc(-c4nccn4S(=O)(=O)N(C)C)c(=O)[nH]c3=O)C[C@@H]2O)(c2ccccc2)c2ccc(OC)cc2)cc1. The maximum Gasteiger partial charge on any atom is 0.330 e. The van der Waals surface area contributed by atoms with Crippen molar-refractivity contribution in [3.8, 4) is 22.9 Å². The number of H-pyrrole nitrogens is 1. The standard InChI is InChI=1S/C35H37N5O9S/c1-38(2)50(44,45)40-19-18-36-32(40)28-21-39(34(43)37-33(28)42)31-20-29(41)30(49-31)22-48-35(23-8-6-5-7-9-23,24-10-14-26(46-3)15-11-24)25-12-16-27(47-4)17-13-25/h5-19,21,29-31,41H,20,22H2,1-4H3,(H,37,42,43)/t29-,30+,31+/m0/s1. The van der Waals surface area contributed by atoms with Crippen molar-refractivity contribution in [3.63, 3.8) is 0 Å². The van der Waals surface area contributed by atoms with Crippen LogP contribution in [0.15, 0.2) is 107 Å². The van der Waals surface area contributed by atoms with E-state index in [0.29, 0.717) is 11.5 Å². The number of aromatic nitrogens is 4. The van der Waals surface area contributed by atoms with Crippen molar-refractivity contribution in [1.29, 1.82) is 0 Å². The van der Waals surface area contributed by atoms with E-state index in [2.05, 4.69) is 9.97 Å². The predicted molar refractivity (Wildman–Crippen MR) is 183 cm³/mol. The number of aromatic amines is 1. The molecule has 262 valence electrons. The van der Waals surface area contributed by atoms with Gasteiger partial charge in [-0.2, -0.15) is 12.7 Å². The van der Waals surface area contributed by atoms with Crippen molar-refractivity contribution in [2.24, 2.45) is 0 Å². The lowest BCUT2D eigenvalue weighted by Gasteiger charge is -2.37. The van der Waals surface area contributed by atoms with E-state index in [4.69, 9.17) is 18.9 Å². The lowest BCUT2D eigenvalue weighted by Crippen LogP contribution is -2.38. The lowest BCUT2D eigenvalue weighted by molar-refractivity contribution is -0.0944. The number of ether oxygens (including phenoxy) is 4. The summed E-state index contributed by atoms with van der Waals surface area (Å²) in [4.78, 5) is 32.3. The van der Waals surface area contributed by atoms with Crippen LogP contribution in [-0.4, -0.2) is 83.5 Å². The number of aliphatic hydroxyl groups excluding tert-OH is 1. The third-order valence-electron chi connectivity index (χ3n) is 8.68. The van der Waals surface area contributed by atoms with E-state index >= 15 is 0 Å². The zero-order valence-corrected chi connectivity index (χ0v) is 28.6. The highest BCUT2D eigenvalue weighted by Crippen LogP contribution is 2.42. The predicted octanol–water partition coefficient (Wildman–Crippen LogP) is 2.73. The molecular formula is C35H37N5O9S. The largest absolute Gasteiger partial charge is 0.497 e. The summed E-state index contributed by atoms with van der Waals surface area (Å²) in [6, 6.07) is 24.6. The number of hydrogen-bond donors (Lipinski definition) is 2. The van der Waals surface area contributed by atoms with Crippen molar-refractivity contribution in [1.82, 2.24) is 22.8 Å². The minimum atomic E-state index is -4.04. The zero-order chi connectivity index (χ0) is 35.6. The van der Waals surface area contributed by atoms with E-state index in [0.717, 1.165) is 29.5 Å². The van der Waals surface area contributed by atoms with E-state index in [1.165, 1.54) is 32.7 Å². The van der Waals surface area contributed by atoms with Crippen molar-refractivity contribution in [3.05, 3.63) is 135 Å². The molecule has 14 nitrogen and oxygen atoms in total. The van der Waals surface area contributed by atoms with Crippen molar-refractivity contribution >= 4 is 10.2 Å². The Kier molecular flexibility index (Phi) is 9.78. The summed E-state index contributed by atoms with van der Waals surface area (Å²) >= 11 is 0. The molecule has 3 aromatic carbocycles. The second-order valence-electron chi connectivity index (χ2n) is 11.8. The van der Waals surface area contributed by atoms with Gasteiger partial charge in [-0.15, -0.1) is 0 Å². The van der Waals surface area contributed by atoms with Gasteiger partial charge in [-0.3, -0.25) is 14.3 Å². The molecule has 0 spiro atoms. The monoisotopic (exact) mass is 703 g/mol. The van der Waals surface area contributed by atoms with Gasteiger partial charge < -0.3 is 24.1 Å². The first-order valence-electron chi connectivity index (χ1n) is 15.6. The molecule has 2 aromatic heterocycles. The molecule has 1 aliphatic heterocycles. The number of methoxy groups -OCH3 is 2. The minimum Gasteiger partial charge on any atom is -0.497 e. The Bertz CT molecular complexity index is 2120. The van der Waals surface area contributed by atoms with Gasteiger partial charge in [-0.05, 0) is 41.0 Å². The number of aliphatic hydroxyl groups is 1. The summed E-state index contributed by atoms with van der Waals surface area (Å²) in [5.41, 5.74) is -0.632. The van der Waals surface area contributed by atoms with Crippen LogP contribution < -0.4 is 20.7 Å². The maximum absolute atomic E-state index is 13.1. The lowest BCUT2D eigenvalue weighted by atomic mass is 9.80. The van der Waals surface area contributed by atoms with Gasteiger partial charge >= 0.3 is 15.9 Å². The van der Waals surface area contributed by atoms with Gasteiger partial charge in [-0.1, -0.05) is 54.6 Å². The van der Waals surface area contributed by atoms with E-state index in [9.17, 15) is 23.1 Å². The molecule has 0 saturated carbocycles. The molecule has 3 heterocycles. The highest BCUT2D eigenvalue weighted by Gasteiger charge is 2.42. The van der Waals surface area contributed by atoms with Gasteiger partial charge in [0.05, 0.1) is 26.9 Å². The average molecular weight is 704 g/mol. The van der Waals surface area contributed by atoms with Crippen LogP contribution in [-0.2, 0) is 25.3 Å². The van der Waals surface area contributed by atoms with Crippen LogP contribution in [0.25, 0.3) is 11.4 Å². The number of hydrogen-bond acceptors (Lipinski definition) is 10. The molecule has 0 bridgehead atoms. The van der Waals surface area contributed by atoms with Crippen molar-refractivity contribution in [2.75, 3.05) is 34.9 Å². The molecule has 0 aliphatic carbocycles. The molecule has 0 unspecified atom stereocenters. The van der Waals surface area contributed by atoms with Crippen LogP contribution >= 0.6 is 0 Å². The fourth-order valence-corrected chi connectivity index (χ4v) is 6.94. The first kappa shape index (κ1) is 34.8. The topological polar surface area (TPSA) is 167 Å². The Labute approximate surface area is 288 Å². The Morgan fingerprint density at radius 1 is 0.940 bits per heavy atom. The number of nitrogens with zero attached hydrogens (tertiary/aromatic N) is 4. The Morgan fingerprint density at radius 3 is 2.08 bits per heavy atom. The van der Waals surface area contributed by atoms with Crippen LogP contribution in [0.2, 0.25) is 0 Å². The molecule has 1 saturated heterocycles. The fourth-order valence-electron chi connectivity index (χ4n) is 6.02. The van der Waals surface area contributed by atoms with Gasteiger partial charge in [0.25, 0.3) is 5.56 Å². The summed E-state index contributed by atoms with van der Waals surface area (Å²) in [7, 11) is 1.82. The minimum absolute atomic E-state index is 0.0206. The van der Waals surface area contributed by atoms with E-state index < -0.39 is 45.5 Å². The summed E-state index contributed by atoms with van der Waals surface area (Å²) in [5, 5.41) is 11.2. The molecule has 3 atom stereocenters. The van der Waals surface area contributed by atoms with E-state index in [1.807, 2.05) is 78.9 Å².